The molecule has 1 heterocycles. The van der Waals surface area contributed by atoms with Gasteiger partial charge in [-0.25, -0.2) is 4.68 Å². The number of benzene rings is 2. The third kappa shape index (κ3) is 5.76. The van der Waals surface area contributed by atoms with Crippen LogP contribution in [0.25, 0.3) is 11.0 Å². The monoisotopic (exact) mass is 465 g/mol. The van der Waals surface area contributed by atoms with Gasteiger partial charge in [-0.1, -0.05) is 55.1 Å². The fourth-order valence-electron chi connectivity index (χ4n) is 3.67. The quantitative estimate of drug-likeness (QED) is 0.330. The fraction of sp³-hybridized carbons (Fsp3) is 0.385. The second-order valence-electron chi connectivity index (χ2n) is 8.99. The molecule has 0 amide bonds. The van der Waals surface area contributed by atoms with Crippen molar-refractivity contribution in [2.75, 3.05) is 13.2 Å². The Hall–Kier alpha value is -3.36. The van der Waals surface area contributed by atoms with Crippen LogP contribution in [-0.2, 0) is 26.3 Å². The summed E-state index contributed by atoms with van der Waals surface area (Å²) in [6, 6.07) is 15.1. The lowest BCUT2D eigenvalue weighted by Gasteiger charge is -2.29. The Balaban J connectivity index is 1.72. The van der Waals surface area contributed by atoms with Crippen molar-refractivity contribution in [1.29, 1.82) is 0 Å². The molecule has 0 radical (unpaired) electrons. The highest BCUT2D eigenvalue weighted by Gasteiger charge is 2.29. The Morgan fingerprint density at radius 2 is 1.94 bits per heavy atom. The summed E-state index contributed by atoms with van der Waals surface area (Å²) in [6.07, 6.45) is -1.22. The number of ether oxygens (including phenoxy) is 1. The molecule has 2 N–H and O–H groups in total. The summed E-state index contributed by atoms with van der Waals surface area (Å²) in [5.74, 6) is -1.38. The van der Waals surface area contributed by atoms with Gasteiger partial charge < -0.3 is 14.9 Å². The van der Waals surface area contributed by atoms with Crippen LogP contribution in [0, 0.1) is 0 Å². The SMILES string of the molecule is C=C(C)C(=O)CC(O)COC(=O)C(C)c1cccc(C(C)(CO)Cn2nnc3ccccc32)c1. The lowest BCUT2D eigenvalue weighted by atomic mass is 9.81. The molecule has 0 aliphatic rings. The van der Waals surface area contributed by atoms with Crippen molar-refractivity contribution in [1.82, 2.24) is 15.0 Å². The van der Waals surface area contributed by atoms with Crippen LogP contribution in [0.3, 0.4) is 0 Å². The third-order valence-corrected chi connectivity index (χ3v) is 6.02. The highest BCUT2D eigenvalue weighted by molar-refractivity contribution is 5.94. The first kappa shape index (κ1) is 25.3. The third-order valence-electron chi connectivity index (χ3n) is 6.02. The second kappa shape index (κ2) is 10.7. The molecule has 3 rings (SSSR count). The van der Waals surface area contributed by atoms with Crippen molar-refractivity contribution < 1.29 is 24.5 Å². The summed E-state index contributed by atoms with van der Waals surface area (Å²) in [5, 5.41) is 28.7. The van der Waals surface area contributed by atoms with E-state index in [1.165, 1.54) is 0 Å². The number of hydrogen-bond donors (Lipinski definition) is 2. The standard InChI is InChI=1S/C26H31N3O5/c1-17(2)24(32)13-21(31)14-34-25(33)18(3)19-8-7-9-20(12-19)26(4,16-30)15-29-23-11-6-5-10-22(23)27-28-29/h5-12,18,21,30-31H,1,13-16H2,2-4H3. The van der Waals surface area contributed by atoms with Gasteiger partial charge in [-0.15, -0.1) is 5.10 Å². The first-order valence-electron chi connectivity index (χ1n) is 11.2. The number of hydrogen-bond acceptors (Lipinski definition) is 7. The van der Waals surface area contributed by atoms with Gasteiger partial charge in [-0.2, -0.15) is 0 Å². The van der Waals surface area contributed by atoms with Crippen molar-refractivity contribution >= 4 is 22.8 Å². The molecule has 0 aliphatic heterocycles. The number of aliphatic hydroxyl groups excluding tert-OH is 2. The summed E-state index contributed by atoms with van der Waals surface area (Å²) in [4.78, 5) is 24.3. The lowest BCUT2D eigenvalue weighted by molar-refractivity contribution is -0.148. The maximum Gasteiger partial charge on any atom is 0.313 e. The van der Waals surface area contributed by atoms with E-state index in [0.29, 0.717) is 12.1 Å². The Kier molecular flexibility index (Phi) is 7.96. The molecule has 2 aromatic carbocycles. The van der Waals surface area contributed by atoms with Crippen LogP contribution in [0.1, 0.15) is 44.2 Å². The van der Waals surface area contributed by atoms with Crippen LogP contribution >= 0.6 is 0 Å². The average molecular weight is 466 g/mol. The Bertz CT molecular complexity index is 1190. The van der Waals surface area contributed by atoms with Crippen LogP contribution in [0.5, 0.6) is 0 Å². The molecule has 34 heavy (non-hydrogen) atoms. The number of ketones is 1. The van der Waals surface area contributed by atoms with Gasteiger partial charge in [0.2, 0.25) is 0 Å². The van der Waals surface area contributed by atoms with Gasteiger partial charge in [-0.05, 0) is 42.7 Å². The fourth-order valence-corrected chi connectivity index (χ4v) is 3.67. The maximum atomic E-state index is 12.6. The molecule has 3 unspecified atom stereocenters. The number of carbonyl (C=O) groups is 2. The molecule has 8 nitrogen and oxygen atoms in total. The van der Waals surface area contributed by atoms with E-state index in [2.05, 4.69) is 16.9 Å². The number of esters is 1. The highest BCUT2D eigenvalue weighted by atomic mass is 16.5. The summed E-state index contributed by atoms with van der Waals surface area (Å²) >= 11 is 0. The molecule has 0 bridgehead atoms. The summed E-state index contributed by atoms with van der Waals surface area (Å²) < 4.78 is 7.01. The zero-order chi connectivity index (χ0) is 24.9. The van der Waals surface area contributed by atoms with E-state index in [4.69, 9.17) is 4.74 Å². The van der Waals surface area contributed by atoms with Crippen molar-refractivity contribution in [2.24, 2.45) is 0 Å². The van der Waals surface area contributed by atoms with Crippen LogP contribution in [0.15, 0.2) is 60.7 Å². The highest BCUT2D eigenvalue weighted by Crippen LogP contribution is 2.29. The van der Waals surface area contributed by atoms with Crippen molar-refractivity contribution in [3.8, 4) is 0 Å². The first-order chi connectivity index (χ1) is 16.1. The van der Waals surface area contributed by atoms with Crippen LogP contribution in [0.4, 0.5) is 0 Å². The Morgan fingerprint density at radius 3 is 2.65 bits per heavy atom. The number of carbonyl (C=O) groups excluding carboxylic acids is 2. The van der Waals surface area contributed by atoms with E-state index in [1.54, 1.807) is 18.5 Å². The zero-order valence-electron chi connectivity index (χ0n) is 19.8. The van der Waals surface area contributed by atoms with E-state index in [9.17, 15) is 19.8 Å². The molecule has 3 aromatic rings. The molecule has 0 saturated carbocycles. The smallest absolute Gasteiger partial charge is 0.313 e. The van der Waals surface area contributed by atoms with E-state index in [-0.39, 0.29) is 25.4 Å². The van der Waals surface area contributed by atoms with Gasteiger partial charge in [0.25, 0.3) is 0 Å². The van der Waals surface area contributed by atoms with E-state index in [1.807, 2.05) is 55.5 Å². The van der Waals surface area contributed by atoms with Gasteiger partial charge in [-0.3, -0.25) is 9.59 Å². The van der Waals surface area contributed by atoms with Crippen molar-refractivity contribution in [2.45, 2.75) is 51.2 Å². The molecule has 8 heteroatoms. The van der Waals surface area contributed by atoms with Crippen LogP contribution in [0.2, 0.25) is 0 Å². The predicted molar refractivity (Wildman–Crippen MR) is 128 cm³/mol. The number of aromatic nitrogens is 3. The largest absolute Gasteiger partial charge is 0.462 e. The number of allylic oxidation sites excluding steroid dienone is 1. The number of fused-ring (bicyclic) bond motifs is 1. The van der Waals surface area contributed by atoms with Gasteiger partial charge in [0, 0.05) is 11.8 Å². The van der Waals surface area contributed by atoms with Gasteiger partial charge in [0.15, 0.2) is 5.78 Å². The average Bonchev–Trinajstić information content (AvgIpc) is 3.24. The molecule has 0 spiro atoms. The van der Waals surface area contributed by atoms with E-state index in [0.717, 1.165) is 22.2 Å². The summed E-state index contributed by atoms with van der Waals surface area (Å²) in [7, 11) is 0. The predicted octanol–water partition coefficient (Wildman–Crippen LogP) is 2.92. The minimum Gasteiger partial charge on any atom is -0.462 e. The molecule has 1 aromatic heterocycles. The van der Waals surface area contributed by atoms with Crippen molar-refractivity contribution in [3.05, 3.63) is 71.8 Å². The van der Waals surface area contributed by atoms with Gasteiger partial charge >= 0.3 is 5.97 Å². The van der Waals surface area contributed by atoms with Gasteiger partial charge in [0.05, 0.1) is 30.7 Å². The van der Waals surface area contributed by atoms with Crippen LogP contribution < -0.4 is 0 Å². The van der Waals surface area contributed by atoms with Gasteiger partial charge in [0.1, 0.15) is 12.1 Å². The van der Waals surface area contributed by atoms with E-state index < -0.39 is 23.4 Å². The zero-order valence-corrected chi connectivity index (χ0v) is 19.8. The molecular weight excluding hydrogens is 434 g/mol. The summed E-state index contributed by atoms with van der Waals surface area (Å²) in [5.41, 5.74) is 2.90. The number of para-hydroxylation sites is 1. The molecule has 0 fully saturated rings. The maximum absolute atomic E-state index is 12.6. The normalized spacial score (nSPS) is 14.9. The second-order valence-corrected chi connectivity index (χ2v) is 8.99. The molecular formula is C26H31N3O5. The summed E-state index contributed by atoms with van der Waals surface area (Å²) in [6.45, 7) is 8.76. The topological polar surface area (TPSA) is 115 Å². The first-order valence-corrected chi connectivity index (χ1v) is 11.2. The number of aliphatic hydroxyl groups is 2. The minimum absolute atomic E-state index is 0.133. The van der Waals surface area contributed by atoms with E-state index >= 15 is 0 Å². The number of rotatable bonds is 11. The Labute approximate surface area is 198 Å². The molecule has 180 valence electrons. The molecule has 0 saturated heterocycles. The lowest BCUT2D eigenvalue weighted by Crippen LogP contribution is -2.33. The Morgan fingerprint density at radius 1 is 1.21 bits per heavy atom. The number of nitrogens with zero attached hydrogens (tertiary/aromatic N) is 3. The minimum atomic E-state index is -1.08. The number of Topliss-reactive ketones (excluding diaryl/α,β-unsaturated/α-hetero) is 1. The molecule has 0 aliphatic carbocycles. The van der Waals surface area contributed by atoms with Crippen LogP contribution in [-0.4, -0.2) is 56.3 Å². The van der Waals surface area contributed by atoms with Crippen molar-refractivity contribution in [3.63, 3.8) is 0 Å². The molecule has 3 atom stereocenters.